The maximum Gasteiger partial charge on any atom is 0.259 e. The number of aromatic nitrogens is 2. The van der Waals surface area contributed by atoms with E-state index in [-0.39, 0.29) is 5.56 Å². The quantitative estimate of drug-likeness (QED) is 0.709. The molecule has 1 aromatic heterocycles. The first-order chi connectivity index (χ1) is 9.81. The summed E-state index contributed by atoms with van der Waals surface area (Å²) in [5, 5.41) is 3.95. The number of para-hydroxylation sites is 1. The van der Waals surface area contributed by atoms with Crippen molar-refractivity contribution in [2.24, 2.45) is 0 Å². The molecule has 2 heterocycles. The van der Waals surface area contributed by atoms with E-state index in [2.05, 4.69) is 21.4 Å². The molecule has 3 aromatic rings. The van der Waals surface area contributed by atoms with Crippen molar-refractivity contribution in [1.82, 2.24) is 9.97 Å². The van der Waals surface area contributed by atoms with Crippen LogP contribution in [0.1, 0.15) is 5.56 Å². The first-order valence-corrected chi connectivity index (χ1v) is 6.67. The van der Waals surface area contributed by atoms with E-state index < -0.39 is 0 Å². The van der Waals surface area contributed by atoms with Crippen molar-refractivity contribution in [3.8, 4) is 11.4 Å². The second-order valence-electron chi connectivity index (χ2n) is 4.98. The van der Waals surface area contributed by atoms with E-state index in [1.165, 1.54) is 11.3 Å². The molecule has 0 saturated heterocycles. The molecule has 1 aliphatic heterocycles. The maximum absolute atomic E-state index is 12.1. The fourth-order valence-electron chi connectivity index (χ4n) is 2.68. The molecule has 0 fully saturated rings. The van der Waals surface area contributed by atoms with E-state index in [0.717, 1.165) is 24.0 Å². The molecule has 0 amide bonds. The van der Waals surface area contributed by atoms with Gasteiger partial charge in [0, 0.05) is 17.8 Å². The highest BCUT2D eigenvalue weighted by molar-refractivity contribution is 5.79. The minimum atomic E-state index is -0.0933. The van der Waals surface area contributed by atoms with Crippen LogP contribution < -0.4 is 10.9 Å². The number of fused-ring (bicyclic) bond motifs is 2. The topological polar surface area (TPSA) is 57.8 Å². The summed E-state index contributed by atoms with van der Waals surface area (Å²) in [7, 11) is 0. The van der Waals surface area contributed by atoms with Gasteiger partial charge >= 0.3 is 0 Å². The number of aromatic amines is 1. The fraction of sp³-hybridized carbons (Fsp3) is 0.125. The molecule has 0 atom stereocenters. The van der Waals surface area contributed by atoms with Gasteiger partial charge in [0.1, 0.15) is 5.82 Å². The lowest BCUT2D eigenvalue weighted by Gasteiger charge is -2.05. The van der Waals surface area contributed by atoms with E-state index in [1.54, 1.807) is 6.07 Å². The number of benzene rings is 2. The summed E-state index contributed by atoms with van der Waals surface area (Å²) < 4.78 is 0. The molecule has 0 radical (unpaired) electrons. The zero-order valence-electron chi connectivity index (χ0n) is 10.8. The lowest BCUT2D eigenvalue weighted by molar-refractivity contribution is 1.10. The van der Waals surface area contributed by atoms with Gasteiger partial charge in [-0.05, 0) is 42.3 Å². The highest BCUT2D eigenvalue weighted by Gasteiger charge is 2.12. The van der Waals surface area contributed by atoms with Crippen LogP contribution in [0.2, 0.25) is 0 Å². The molecule has 0 bridgehead atoms. The minimum Gasteiger partial charge on any atom is -0.384 e. The van der Waals surface area contributed by atoms with E-state index >= 15 is 0 Å². The molecule has 0 unspecified atom stereocenters. The number of hydrogen-bond donors (Lipinski definition) is 2. The molecule has 0 saturated carbocycles. The summed E-state index contributed by atoms with van der Waals surface area (Å²) in [5.74, 6) is 0.628. The van der Waals surface area contributed by atoms with Crippen LogP contribution in [0.15, 0.2) is 47.3 Å². The molecule has 4 nitrogen and oxygen atoms in total. The summed E-state index contributed by atoms with van der Waals surface area (Å²) in [6.07, 6.45) is 1.01. The molecular formula is C16H13N3O. The Bertz CT molecular complexity index is 867. The zero-order chi connectivity index (χ0) is 13.5. The number of rotatable bonds is 1. The molecule has 0 aliphatic carbocycles. The molecule has 2 N–H and O–H groups in total. The smallest absolute Gasteiger partial charge is 0.259 e. The molecule has 2 aromatic carbocycles. The van der Waals surface area contributed by atoms with Crippen molar-refractivity contribution in [2.45, 2.75) is 6.42 Å². The summed E-state index contributed by atoms with van der Waals surface area (Å²) in [4.78, 5) is 19.5. The Labute approximate surface area is 115 Å². The van der Waals surface area contributed by atoms with Crippen molar-refractivity contribution in [3.05, 3.63) is 58.4 Å². The second-order valence-corrected chi connectivity index (χ2v) is 4.98. The Hall–Kier alpha value is -2.62. The third-order valence-corrected chi connectivity index (χ3v) is 3.70. The second kappa shape index (κ2) is 4.20. The van der Waals surface area contributed by atoms with Crippen LogP contribution in [0.4, 0.5) is 5.69 Å². The number of hydrogen-bond acceptors (Lipinski definition) is 3. The number of H-pyrrole nitrogens is 1. The summed E-state index contributed by atoms with van der Waals surface area (Å²) in [6, 6.07) is 13.5. The molecule has 4 rings (SSSR count). The third kappa shape index (κ3) is 1.69. The van der Waals surface area contributed by atoms with Gasteiger partial charge in [-0.25, -0.2) is 4.98 Å². The van der Waals surface area contributed by atoms with Crippen molar-refractivity contribution < 1.29 is 0 Å². The van der Waals surface area contributed by atoms with Gasteiger partial charge in [-0.3, -0.25) is 4.79 Å². The average Bonchev–Trinajstić information content (AvgIpc) is 2.94. The van der Waals surface area contributed by atoms with Crippen LogP contribution in [0.25, 0.3) is 22.3 Å². The van der Waals surface area contributed by atoms with Crippen LogP contribution >= 0.6 is 0 Å². The monoisotopic (exact) mass is 263 g/mol. The summed E-state index contributed by atoms with van der Waals surface area (Å²) >= 11 is 0. The van der Waals surface area contributed by atoms with E-state index in [0.29, 0.717) is 11.2 Å². The standard InChI is InChI=1S/C16H13N3O/c20-16-12-3-1-2-4-14(12)18-15(19-16)11-5-6-13-10(9-11)7-8-17-13/h1-6,9,17H,7-8H2,(H,18,19,20). The molecule has 4 heteroatoms. The van der Waals surface area contributed by atoms with Crippen molar-refractivity contribution in [3.63, 3.8) is 0 Å². The van der Waals surface area contributed by atoms with Crippen LogP contribution in [-0.2, 0) is 6.42 Å². The van der Waals surface area contributed by atoms with Crippen molar-refractivity contribution >= 4 is 16.6 Å². The van der Waals surface area contributed by atoms with E-state index in [4.69, 9.17) is 0 Å². The number of anilines is 1. The van der Waals surface area contributed by atoms with Crippen LogP contribution in [-0.4, -0.2) is 16.5 Å². The SMILES string of the molecule is O=c1[nH]c(-c2ccc3c(c2)CCN3)nc2ccccc12. The highest BCUT2D eigenvalue weighted by atomic mass is 16.1. The van der Waals surface area contributed by atoms with Gasteiger partial charge < -0.3 is 10.3 Å². The predicted octanol–water partition coefficient (Wildman–Crippen LogP) is 2.56. The molecule has 20 heavy (non-hydrogen) atoms. The first kappa shape index (κ1) is 11.2. The molecular weight excluding hydrogens is 250 g/mol. The van der Waals surface area contributed by atoms with Gasteiger partial charge in [-0.2, -0.15) is 0 Å². The normalized spacial score (nSPS) is 13.2. The fourth-order valence-corrected chi connectivity index (χ4v) is 2.68. The zero-order valence-corrected chi connectivity index (χ0v) is 10.8. The summed E-state index contributed by atoms with van der Waals surface area (Å²) in [5.41, 5.74) is 4.04. The van der Waals surface area contributed by atoms with Gasteiger partial charge in [-0.1, -0.05) is 12.1 Å². The van der Waals surface area contributed by atoms with E-state index in [1.807, 2.05) is 30.3 Å². The third-order valence-electron chi connectivity index (χ3n) is 3.70. The number of nitrogens with one attached hydrogen (secondary N) is 2. The van der Waals surface area contributed by atoms with Gasteiger partial charge in [0.15, 0.2) is 0 Å². The Balaban J connectivity index is 1.92. The lowest BCUT2D eigenvalue weighted by Crippen LogP contribution is -2.09. The average molecular weight is 263 g/mol. The molecule has 0 spiro atoms. The maximum atomic E-state index is 12.1. The molecule has 1 aliphatic rings. The van der Waals surface area contributed by atoms with Crippen LogP contribution in [0.5, 0.6) is 0 Å². The van der Waals surface area contributed by atoms with Crippen LogP contribution in [0, 0.1) is 0 Å². The Morgan fingerprint density at radius 1 is 1.10 bits per heavy atom. The van der Waals surface area contributed by atoms with Crippen molar-refractivity contribution in [1.29, 1.82) is 0 Å². The number of nitrogens with zero attached hydrogens (tertiary/aromatic N) is 1. The molecule has 98 valence electrons. The Morgan fingerprint density at radius 2 is 2.00 bits per heavy atom. The highest BCUT2D eigenvalue weighted by Crippen LogP contribution is 2.27. The minimum absolute atomic E-state index is 0.0933. The van der Waals surface area contributed by atoms with Gasteiger partial charge in [0.25, 0.3) is 5.56 Å². The largest absolute Gasteiger partial charge is 0.384 e. The van der Waals surface area contributed by atoms with Gasteiger partial charge in [0.05, 0.1) is 10.9 Å². The van der Waals surface area contributed by atoms with E-state index in [9.17, 15) is 4.79 Å². The van der Waals surface area contributed by atoms with Gasteiger partial charge in [-0.15, -0.1) is 0 Å². The summed E-state index contributed by atoms with van der Waals surface area (Å²) in [6.45, 7) is 0.973. The van der Waals surface area contributed by atoms with Gasteiger partial charge in [0.2, 0.25) is 0 Å². The Kier molecular flexibility index (Phi) is 2.36. The van der Waals surface area contributed by atoms with Crippen molar-refractivity contribution in [2.75, 3.05) is 11.9 Å². The Morgan fingerprint density at radius 3 is 2.95 bits per heavy atom. The lowest BCUT2D eigenvalue weighted by atomic mass is 10.1. The van der Waals surface area contributed by atoms with Crippen LogP contribution in [0.3, 0.4) is 0 Å². The predicted molar refractivity (Wildman–Crippen MR) is 80.0 cm³/mol. The first-order valence-electron chi connectivity index (χ1n) is 6.67.